The van der Waals surface area contributed by atoms with Gasteiger partial charge in [-0.05, 0) is 12.1 Å². The smallest absolute Gasteiger partial charge is 0.200 e. The molecule has 0 fully saturated rings. The van der Waals surface area contributed by atoms with Gasteiger partial charge in [0.2, 0.25) is 5.82 Å². The van der Waals surface area contributed by atoms with E-state index in [2.05, 4.69) is 5.16 Å². The van der Waals surface area contributed by atoms with Crippen LogP contribution in [0.3, 0.4) is 0 Å². The first-order valence-corrected chi connectivity index (χ1v) is 5.07. The Bertz CT molecular complexity index is 681. The van der Waals surface area contributed by atoms with Crippen molar-refractivity contribution in [3.05, 3.63) is 53.1 Å². The van der Waals surface area contributed by atoms with E-state index in [1.54, 1.807) is 0 Å². The summed E-state index contributed by atoms with van der Waals surface area (Å²) in [5.74, 6) is -11.0. The number of halogens is 5. The van der Waals surface area contributed by atoms with Crippen LogP contribution in [0.5, 0.6) is 0 Å². The molecule has 0 aliphatic rings. The van der Waals surface area contributed by atoms with Crippen LogP contribution in [0.1, 0.15) is 5.69 Å². The molecule has 3 N–H and O–H groups in total. The lowest BCUT2D eigenvalue weighted by atomic mass is 10.2. The van der Waals surface area contributed by atoms with Crippen molar-refractivity contribution in [2.45, 2.75) is 0 Å². The van der Waals surface area contributed by atoms with Gasteiger partial charge >= 0.3 is 0 Å². The van der Waals surface area contributed by atoms with Gasteiger partial charge in [0.15, 0.2) is 29.1 Å². The Labute approximate surface area is 108 Å². The van der Waals surface area contributed by atoms with Gasteiger partial charge in [0.25, 0.3) is 0 Å². The maximum atomic E-state index is 13.6. The predicted octanol–water partition coefficient (Wildman–Crippen LogP) is 2.27. The van der Waals surface area contributed by atoms with Crippen molar-refractivity contribution in [2.24, 2.45) is 10.9 Å². The number of hydrogen-bond donors (Lipinski definition) is 2. The fourth-order valence-electron chi connectivity index (χ4n) is 1.64. The van der Waals surface area contributed by atoms with Crippen LogP contribution in [0.4, 0.5) is 22.0 Å². The third-order valence-corrected chi connectivity index (χ3v) is 2.55. The molecule has 0 radical (unpaired) electrons. The largest absolute Gasteiger partial charge is 0.409 e. The van der Waals surface area contributed by atoms with Crippen LogP contribution in [0.25, 0.3) is 5.69 Å². The molecule has 0 saturated carbocycles. The molecule has 1 aromatic carbocycles. The summed E-state index contributed by atoms with van der Waals surface area (Å²) in [5.41, 5.74) is 3.80. The third-order valence-electron chi connectivity index (χ3n) is 2.55. The molecule has 1 heterocycles. The summed E-state index contributed by atoms with van der Waals surface area (Å²) in [6.45, 7) is 0. The number of aromatic nitrogens is 1. The van der Waals surface area contributed by atoms with Crippen molar-refractivity contribution in [1.29, 1.82) is 0 Å². The Morgan fingerprint density at radius 1 is 1.00 bits per heavy atom. The number of oxime groups is 1. The molecule has 20 heavy (non-hydrogen) atoms. The van der Waals surface area contributed by atoms with Crippen molar-refractivity contribution < 1.29 is 27.2 Å². The maximum absolute atomic E-state index is 13.6. The van der Waals surface area contributed by atoms with Crippen molar-refractivity contribution in [2.75, 3.05) is 0 Å². The van der Waals surface area contributed by atoms with Crippen LogP contribution < -0.4 is 5.73 Å². The number of rotatable bonds is 2. The number of nitrogens with two attached hydrogens (primary N) is 1. The van der Waals surface area contributed by atoms with Crippen LogP contribution in [0.15, 0.2) is 23.5 Å². The Balaban J connectivity index is 2.81. The molecule has 2 rings (SSSR count). The Morgan fingerprint density at radius 2 is 1.50 bits per heavy atom. The lowest BCUT2D eigenvalue weighted by Crippen LogP contribution is -2.19. The molecule has 0 amide bonds. The number of nitrogens with zero attached hydrogens (tertiary/aromatic N) is 2. The van der Waals surface area contributed by atoms with Crippen molar-refractivity contribution in [1.82, 2.24) is 4.57 Å². The van der Waals surface area contributed by atoms with E-state index in [4.69, 9.17) is 10.9 Å². The summed E-state index contributed by atoms with van der Waals surface area (Å²) in [7, 11) is 0. The number of benzene rings is 1. The summed E-state index contributed by atoms with van der Waals surface area (Å²) in [6, 6.07) is 2.40. The van der Waals surface area contributed by atoms with Gasteiger partial charge in [-0.2, -0.15) is 0 Å². The number of hydrogen-bond acceptors (Lipinski definition) is 2. The molecule has 0 atom stereocenters. The summed E-state index contributed by atoms with van der Waals surface area (Å²) in [5, 5.41) is 11.1. The van der Waals surface area contributed by atoms with E-state index in [0.717, 1.165) is 6.20 Å². The summed E-state index contributed by atoms with van der Waals surface area (Å²) < 4.78 is 67.0. The Hall–Kier alpha value is -2.58. The van der Waals surface area contributed by atoms with E-state index in [1.807, 2.05) is 0 Å². The molecule has 0 aliphatic carbocycles. The molecular weight excluding hydrogens is 285 g/mol. The molecule has 0 unspecified atom stereocenters. The highest BCUT2D eigenvalue weighted by atomic mass is 19.2. The van der Waals surface area contributed by atoms with Crippen molar-refractivity contribution in [3.63, 3.8) is 0 Å². The molecule has 0 saturated heterocycles. The van der Waals surface area contributed by atoms with Gasteiger partial charge < -0.3 is 15.5 Å². The van der Waals surface area contributed by atoms with Crippen LogP contribution in [0.2, 0.25) is 0 Å². The minimum Gasteiger partial charge on any atom is -0.409 e. The zero-order valence-electron chi connectivity index (χ0n) is 9.54. The molecule has 0 spiro atoms. The fraction of sp³-hybridized carbons (Fsp3) is 0. The Kier molecular flexibility index (Phi) is 3.35. The van der Waals surface area contributed by atoms with E-state index in [0.29, 0.717) is 4.57 Å². The van der Waals surface area contributed by atoms with Crippen LogP contribution in [0, 0.1) is 29.1 Å². The van der Waals surface area contributed by atoms with Gasteiger partial charge in [-0.25, -0.2) is 22.0 Å². The molecule has 1 aromatic heterocycles. The van der Waals surface area contributed by atoms with Gasteiger partial charge in [-0.15, -0.1) is 0 Å². The van der Waals surface area contributed by atoms with Gasteiger partial charge in [0.1, 0.15) is 5.69 Å². The monoisotopic (exact) mass is 291 g/mol. The lowest BCUT2D eigenvalue weighted by Gasteiger charge is -2.12. The second-order valence-electron chi connectivity index (χ2n) is 3.67. The first kappa shape index (κ1) is 13.8. The zero-order chi connectivity index (χ0) is 15.0. The van der Waals surface area contributed by atoms with Crippen LogP contribution in [-0.2, 0) is 0 Å². The molecule has 0 aliphatic heterocycles. The summed E-state index contributed by atoms with van der Waals surface area (Å²) in [4.78, 5) is 0. The minimum atomic E-state index is -2.26. The van der Waals surface area contributed by atoms with Crippen LogP contribution in [-0.4, -0.2) is 15.6 Å². The van der Waals surface area contributed by atoms with E-state index >= 15 is 0 Å². The average Bonchev–Trinajstić information content (AvgIpc) is 2.91. The van der Waals surface area contributed by atoms with Gasteiger partial charge in [-0.1, -0.05) is 5.16 Å². The van der Waals surface area contributed by atoms with E-state index in [-0.39, 0.29) is 5.69 Å². The van der Waals surface area contributed by atoms with Gasteiger partial charge in [0.05, 0.1) is 5.69 Å². The highest BCUT2D eigenvalue weighted by molar-refractivity contribution is 5.96. The van der Waals surface area contributed by atoms with E-state index < -0.39 is 40.6 Å². The molecule has 2 aromatic rings. The van der Waals surface area contributed by atoms with Crippen molar-refractivity contribution >= 4 is 5.84 Å². The molecular formula is C11H6F5N3O. The molecule has 4 nitrogen and oxygen atoms in total. The van der Waals surface area contributed by atoms with Gasteiger partial charge in [-0.3, -0.25) is 0 Å². The maximum Gasteiger partial charge on any atom is 0.200 e. The summed E-state index contributed by atoms with van der Waals surface area (Å²) >= 11 is 0. The minimum absolute atomic E-state index is 0.240. The second kappa shape index (κ2) is 4.83. The molecule has 106 valence electrons. The topological polar surface area (TPSA) is 63.5 Å². The van der Waals surface area contributed by atoms with Crippen molar-refractivity contribution in [3.8, 4) is 5.69 Å². The average molecular weight is 291 g/mol. The SMILES string of the molecule is N/C(=N/O)c1cccn1-c1c(F)c(F)c(F)c(F)c1F. The summed E-state index contributed by atoms with van der Waals surface area (Å²) in [6.07, 6.45) is 1.01. The number of amidine groups is 1. The molecule has 9 heteroatoms. The van der Waals surface area contributed by atoms with E-state index in [1.165, 1.54) is 12.1 Å². The highest BCUT2D eigenvalue weighted by Gasteiger charge is 2.27. The Morgan fingerprint density at radius 3 is 2.00 bits per heavy atom. The predicted molar refractivity (Wildman–Crippen MR) is 58.1 cm³/mol. The standard InChI is InChI=1S/C11H6F5N3O/c12-5-6(13)8(15)10(9(16)7(5)14)19-3-1-2-4(19)11(17)18-20/h1-3,20H,(H2,17,18). The zero-order valence-corrected chi connectivity index (χ0v) is 9.54. The molecule has 0 bridgehead atoms. The fourth-order valence-corrected chi connectivity index (χ4v) is 1.64. The quantitative estimate of drug-likeness (QED) is 0.170. The first-order valence-electron chi connectivity index (χ1n) is 5.07. The first-order chi connectivity index (χ1) is 9.40. The highest BCUT2D eigenvalue weighted by Crippen LogP contribution is 2.27. The van der Waals surface area contributed by atoms with Gasteiger partial charge in [0, 0.05) is 6.20 Å². The van der Waals surface area contributed by atoms with Crippen LogP contribution >= 0.6 is 0 Å². The second-order valence-corrected chi connectivity index (χ2v) is 3.67. The van der Waals surface area contributed by atoms with E-state index in [9.17, 15) is 22.0 Å². The third kappa shape index (κ3) is 1.87. The normalized spacial score (nSPS) is 11.9. The lowest BCUT2D eigenvalue weighted by molar-refractivity contribution is 0.318.